The van der Waals surface area contributed by atoms with Gasteiger partial charge in [0.25, 0.3) is 0 Å². The second-order valence-electron chi connectivity index (χ2n) is 9.01. The van der Waals surface area contributed by atoms with Crippen molar-refractivity contribution in [2.75, 3.05) is 5.32 Å². The second-order valence-corrected chi connectivity index (χ2v) is 9.01. The molecule has 3 heterocycles. The molecule has 0 spiro atoms. The number of hydrogen-bond donors (Lipinski definition) is 1. The molecule has 6 rings (SSSR count). The Bertz CT molecular complexity index is 1500. The van der Waals surface area contributed by atoms with Gasteiger partial charge in [0.1, 0.15) is 30.5 Å². The predicted molar refractivity (Wildman–Crippen MR) is 140 cm³/mol. The summed E-state index contributed by atoms with van der Waals surface area (Å²) in [7, 11) is 0. The van der Waals surface area contributed by atoms with Gasteiger partial charge in [0.15, 0.2) is 0 Å². The highest BCUT2D eigenvalue weighted by atomic mass is 16.5. The fraction of sp³-hybridized carbons (Fsp3) is 0.207. The van der Waals surface area contributed by atoms with Crippen LogP contribution in [0.25, 0.3) is 22.4 Å². The maximum Gasteiger partial charge on any atom is 0.244 e. The zero-order valence-electron chi connectivity index (χ0n) is 19.9. The molecular formula is C29H27N5O2. The molecule has 3 aromatic carbocycles. The molecular weight excluding hydrogens is 450 g/mol. The lowest BCUT2D eigenvalue weighted by molar-refractivity contribution is -0.116. The molecule has 0 aliphatic carbocycles. The first-order valence-corrected chi connectivity index (χ1v) is 12.3. The van der Waals surface area contributed by atoms with Crippen molar-refractivity contribution in [3.63, 3.8) is 0 Å². The lowest BCUT2D eigenvalue weighted by atomic mass is 10.1. The number of amides is 1. The topological polar surface area (TPSA) is 74.0 Å². The number of imidazole rings is 2. The van der Waals surface area contributed by atoms with Crippen LogP contribution in [-0.2, 0) is 30.9 Å². The van der Waals surface area contributed by atoms with Crippen LogP contribution in [0, 0.1) is 0 Å². The number of carbonyl (C=O) groups is 1. The van der Waals surface area contributed by atoms with Crippen LogP contribution in [0.5, 0.6) is 5.75 Å². The van der Waals surface area contributed by atoms with E-state index in [1.54, 1.807) is 0 Å². The van der Waals surface area contributed by atoms with Crippen molar-refractivity contribution < 1.29 is 9.53 Å². The van der Waals surface area contributed by atoms with E-state index in [2.05, 4.69) is 14.9 Å². The number of carbonyl (C=O) groups excluding carboxylic acids is 1. The zero-order chi connectivity index (χ0) is 24.3. The molecule has 0 atom stereocenters. The van der Waals surface area contributed by atoms with Crippen molar-refractivity contribution in [1.82, 2.24) is 19.1 Å². The molecule has 2 aromatic heterocycles. The summed E-state index contributed by atoms with van der Waals surface area (Å²) in [5.74, 6) is 2.34. The maximum atomic E-state index is 13.0. The lowest BCUT2D eigenvalue weighted by Gasteiger charge is -2.16. The van der Waals surface area contributed by atoms with E-state index in [0.717, 1.165) is 46.8 Å². The summed E-state index contributed by atoms with van der Waals surface area (Å²) in [6, 6.07) is 25.3. The van der Waals surface area contributed by atoms with Crippen molar-refractivity contribution in [1.29, 1.82) is 0 Å². The Morgan fingerprint density at radius 2 is 1.75 bits per heavy atom. The quantitative estimate of drug-likeness (QED) is 0.338. The maximum absolute atomic E-state index is 13.0. The van der Waals surface area contributed by atoms with Gasteiger partial charge in [-0.15, -0.1) is 0 Å². The van der Waals surface area contributed by atoms with Crippen LogP contribution in [-0.4, -0.2) is 25.0 Å². The van der Waals surface area contributed by atoms with Crippen LogP contribution >= 0.6 is 0 Å². The third-order valence-corrected chi connectivity index (χ3v) is 6.58. The van der Waals surface area contributed by atoms with Gasteiger partial charge in [-0.1, -0.05) is 30.3 Å². The van der Waals surface area contributed by atoms with E-state index in [4.69, 9.17) is 9.72 Å². The average Bonchev–Trinajstić information content (AvgIpc) is 3.50. The van der Waals surface area contributed by atoms with Gasteiger partial charge in [-0.2, -0.15) is 0 Å². The number of fused-ring (bicyclic) bond motifs is 2. The van der Waals surface area contributed by atoms with Crippen LogP contribution in [0.1, 0.15) is 24.4 Å². The molecule has 36 heavy (non-hydrogen) atoms. The monoisotopic (exact) mass is 477 g/mol. The third kappa shape index (κ3) is 4.47. The zero-order valence-corrected chi connectivity index (χ0v) is 19.9. The fourth-order valence-electron chi connectivity index (χ4n) is 4.79. The Morgan fingerprint density at radius 1 is 0.944 bits per heavy atom. The Hall–Kier alpha value is -4.39. The van der Waals surface area contributed by atoms with Crippen molar-refractivity contribution in [3.8, 4) is 17.1 Å². The number of hydrogen-bond acceptors (Lipinski definition) is 4. The number of ether oxygens (including phenoxy) is 1. The summed E-state index contributed by atoms with van der Waals surface area (Å²) < 4.78 is 10.1. The minimum absolute atomic E-state index is 0.120. The largest absolute Gasteiger partial charge is 0.486 e. The summed E-state index contributed by atoms with van der Waals surface area (Å²) >= 11 is 0. The minimum atomic E-state index is -0.120. The molecule has 7 heteroatoms. The molecule has 0 saturated heterocycles. The standard InChI is InChI=1S/C29H27N5O2/c35-28(31-22-15-13-21(14-16-22)29-30-18-23-8-6-7-17-33(23)29)19-34-26-12-5-4-11-25(26)32-27(34)20-36-24-9-2-1-3-10-24/h1-5,9-16,18H,6-8,17,19-20H2,(H,31,35). The highest BCUT2D eigenvalue weighted by Gasteiger charge is 2.16. The molecule has 0 radical (unpaired) electrons. The summed E-state index contributed by atoms with van der Waals surface area (Å²) in [5.41, 5.74) is 4.85. The number of nitrogens with one attached hydrogen (secondary N) is 1. The van der Waals surface area contributed by atoms with Crippen LogP contribution in [0.3, 0.4) is 0 Å². The van der Waals surface area contributed by atoms with Crippen LogP contribution in [0.2, 0.25) is 0 Å². The van der Waals surface area contributed by atoms with Gasteiger partial charge < -0.3 is 19.2 Å². The van der Waals surface area contributed by atoms with Crippen LogP contribution in [0.4, 0.5) is 5.69 Å². The van der Waals surface area contributed by atoms with Gasteiger partial charge in [0.2, 0.25) is 5.91 Å². The van der Waals surface area contributed by atoms with E-state index in [1.165, 1.54) is 18.5 Å². The van der Waals surface area contributed by atoms with Gasteiger partial charge in [0.05, 0.1) is 11.0 Å². The van der Waals surface area contributed by atoms with Crippen LogP contribution < -0.4 is 10.1 Å². The summed E-state index contributed by atoms with van der Waals surface area (Å²) in [6.45, 7) is 1.43. The molecule has 7 nitrogen and oxygen atoms in total. The number of benzene rings is 3. The molecule has 0 saturated carbocycles. The molecule has 1 aliphatic heterocycles. The number of aryl methyl sites for hydroxylation is 1. The van der Waals surface area contributed by atoms with Crippen molar-refractivity contribution in [2.24, 2.45) is 0 Å². The molecule has 0 bridgehead atoms. The number of rotatable bonds is 7. The summed E-state index contributed by atoms with van der Waals surface area (Å²) in [4.78, 5) is 22.4. The van der Waals surface area contributed by atoms with Crippen molar-refractivity contribution in [3.05, 3.63) is 96.6 Å². The van der Waals surface area contributed by atoms with Crippen LogP contribution in [0.15, 0.2) is 85.1 Å². The fourth-order valence-corrected chi connectivity index (χ4v) is 4.79. The van der Waals surface area contributed by atoms with Gasteiger partial charge >= 0.3 is 0 Å². The second kappa shape index (κ2) is 9.70. The number of aromatic nitrogens is 4. The Kier molecular flexibility index (Phi) is 5.95. The SMILES string of the molecule is O=C(Cn1c(COc2ccccc2)nc2ccccc21)Nc1ccc(-c2ncc3n2CCCC3)cc1. The molecule has 1 aliphatic rings. The van der Waals surface area contributed by atoms with E-state index in [1.807, 2.05) is 89.6 Å². The van der Waals surface area contributed by atoms with E-state index >= 15 is 0 Å². The third-order valence-electron chi connectivity index (χ3n) is 6.58. The van der Waals surface area contributed by atoms with Crippen molar-refractivity contribution >= 4 is 22.6 Å². The predicted octanol–water partition coefficient (Wildman–Crippen LogP) is 5.45. The minimum Gasteiger partial charge on any atom is -0.486 e. The highest BCUT2D eigenvalue weighted by molar-refractivity contribution is 5.92. The Balaban J connectivity index is 1.18. The first kappa shape index (κ1) is 22.1. The van der Waals surface area contributed by atoms with Gasteiger partial charge in [-0.3, -0.25) is 4.79 Å². The van der Waals surface area contributed by atoms with E-state index in [9.17, 15) is 4.79 Å². The van der Waals surface area contributed by atoms with E-state index < -0.39 is 0 Å². The molecule has 1 amide bonds. The van der Waals surface area contributed by atoms with E-state index in [0.29, 0.717) is 5.82 Å². The van der Waals surface area contributed by atoms with E-state index in [-0.39, 0.29) is 19.1 Å². The van der Waals surface area contributed by atoms with Crippen molar-refractivity contribution in [2.45, 2.75) is 39.0 Å². The highest BCUT2D eigenvalue weighted by Crippen LogP contribution is 2.26. The number of para-hydroxylation sites is 3. The lowest BCUT2D eigenvalue weighted by Crippen LogP contribution is -2.20. The van der Waals surface area contributed by atoms with Gasteiger partial charge in [-0.05, 0) is 67.8 Å². The molecule has 0 unspecified atom stereocenters. The molecule has 5 aromatic rings. The Morgan fingerprint density at radius 3 is 2.61 bits per heavy atom. The Labute approximate surface area is 209 Å². The first-order chi connectivity index (χ1) is 17.7. The number of anilines is 1. The first-order valence-electron chi connectivity index (χ1n) is 12.3. The summed E-state index contributed by atoms with van der Waals surface area (Å²) in [5, 5.41) is 3.03. The molecule has 180 valence electrons. The normalized spacial score (nSPS) is 12.9. The average molecular weight is 478 g/mol. The van der Waals surface area contributed by atoms with Gasteiger partial charge in [-0.25, -0.2) is 9.97 Å². The number of nitrogens with zero attached hydrogens (tertiary/aromatic N) is 4. The molecule has 0 fully saturated rings. The molecule has 1 N–H and O–H groups in total. The smallest absolute Gasteiger partial charge is 0.244 e. The summed E-state index contributed by atoms with van der Waals surface area (Å²) in [6.07, 6.45) is 5.48. The van der Waals surface area contributed by atoms with Gasteiger partial charge in [0, 0.05) is 29.7 Å².